The van der Waals surface area contributed by atoms with Gasteiger partial charge in [0.2, 0.25) is 5.91 Å². The summed E-state index contributed by atoms with van der Waals surface area (Å²) in [4.78, 5) is 24.1. The lowest BCUT2D eigenvalue weighted by molar-refractivity contribution is -0.131. The summed E-state index contributed by atoms with van der Waals surface area (Å²) in [6.45, 7) is 2.41. The molecule has 1 aliphatic heterocycles. The number of rotatable bonds is 6. The molecule has 32 heavy (non-hydrogen) atoms. The Morgan fingerprint density at radius 2 is 1.78 bits per heavy atom. The van der Waals surface area contributed by atoms with Crippen LogP contribution in [0.15, 0.2) is 42.5 Å². The van der Waals surface area contributed by atoms with Crippen LogP contribution in [0.4, 0.5) is 4.79 Å². The van der Waals surface area contributed by atoms with E-state index >= 15 is 0 Å². The summed E-state index contributed by atoms with van der Waals surface area (Å²) >= 11 is 0. The minimum Gasteiger partial charge on any atom is -0.465 e. The zero-order valence-electron chi connectivity index (χ0n) is 17.7. The van der Waals surface area contributed by atoms with Gasteiger partial charge in [-0.15, -0.1) is 0 Å². The number of nitrogens with zero attached hydrogens (tertiary/aromatic N) is 2. The molecule has 2 amide bonds. The highest BCUT2D eigenvalue weighted by molar-refractivity contribution is 5.90. The smallest absolute Gasteiger partial charge is 0.405 e. The van der Waals surface area contributed by atoms with Crippen LogP contribution in [0, 0.1) is 29.6 Å². The van der Waals surface area contributed by atoms with E-state index in [1.165, 1.54) is 0 Å². The van der Waals surface area contributed by atoms with Crippen molar-refractivity contribution >= 4 is 12.0 Å². The third-order valence-electron chi connectivity index (χ3n) is 5.67. The number of carbonyl (C=O) groups excluding carboxylic acids is 1. The Morgan fingerprint density at radius 1 is 1.12 bits per heavy atom. The van der Waals surface area contributed by atoms with Crippen molar-refractivity contribution in [1.29, 1.82) is 10.5 Å². The van der Waals surface area contributed by atoms with Crippen LogP contribution < -0.4 is 10.6 Å². The van der Waals surface area contributed by atoms with Gasteiger partial charge in [-0.3, -0.25) is 4.79 Å². The minimum absolute atomic E-state index is 0.208. The molecule has 8 heteroatoms. The van der Waals surface area contributed by atoms with E-state index in [0.717, 1.165) is 22.3 Å². The number of aryl methyl sites for hydroxylation is 1. The van der Waals surface area contributed by atoms with Gasteiger partial charge in [0, 0.05) is 32.5 Å². The van der Waals surface area contributed by atoms with Crippen LogP contribution in [0.25, 0.3) is 11.1 Å². The van der Waals surface area contributed by atoms with Crippen molar-refractivity contribution in [2.45, 2.75) is 37.8 Å². The molecule has 1 saturated heterocycles. The van der Waals surface area contributed by atoms with E-state index in [2.05, 4.69) is 22.8 Å². The van der Waals surface area contributed by atoms with E-state index in [-0.39, 0.29) is 32.5 Å². The third-order valence-corrected chi connectivity index (χ3v) is 5.67. The molecule has 0 aliphatic carbocycles. The van der Waals surface area contributed by atoms with Gasteiger partial charge in [-0.2, -0.15) is 10.5 Å². The van der Waals surface area contributed by atoms with Gasteiger partial charge in [-0.1, -0.05) is 36.4 Å². The average molecular weight is 432 g/mol. The maximum Gasteiger partial charge on any atom is 0.405 e. The molecule has 1 atom stereocenters. The SMILES string of the molecule is Cc1ccc(-c2ccc(CC(C#N)NC(=O)C3(NC(=O)O)CCOCC3)cc2)cc1C#N. The van der Waals surface area contributed by atoms with Gasteiger partial charge in [-0.05, 0) is 35.2 Å². The maximum atomic E-state index is 12.9. The average Bonchev–Trinajstić information content (AvgIpc) is 2.79. The summed E-state index contributed by atoms with van der Waals surface area (Å²) in [7, 11) is 0. The minimum atomic E-state index is -1.30. The van der Waals surface area contributed by atoms with Crippen molar-refractivity contribution in [3.8, 4) is 23.3 Å². The molecule has 0 saturated carbocycles. The summed E-state index contributed by atoms with van der Waals surface area (Å²) in [5, 5.41) is 33.0. The number of benzene rings is 2. The second-order valence-corrected chi connectivity index (χ2v) is 7.82. The number of hydrogen-bond acceptors (Lipinski definition) is 5. The molecule has 0 spiro atoms. The highest BCUT2D eigenvalue weighted by Crippen LogP contribution is 2.24. The first-order chi connectivity index (χ1) is 15.4. The number of carbonyl (C=O) groups is 2. The maximum absolute atomic E-state index is 12.9. The van der Waals surface area contributed by atoms with Crippen molar-refractivity contribution < 1.29 is 19.4 Å². The Balaban J connectivity index is 1.70. The Labute approximate surface area is 186 Å². The van der Waals surface area contributed by atoms with Gasteiger partial charge in [0.1, 0.15) is 11.6 Å². The van der Waals surface area contributed by atoms with E-state index in [1.54, 1.807) is 0 Å². The topological polar surface area (TPSA) is 135 Å². The van der Waals surface area contributed by atoms with Crippen molar-refractivity contribution in [3.05, 3.63) is 59.2 Å². The van der Waals surface area contributed by atoms with Crippen molar-refractivity contribution in [1.82, 2.24) is 10.6 Å². The van der Waals surface area contributed by atoms with Crippen molar-refractivity contribution in [3.63, 3.8) is 0 Å². The monoisotopic (exact) mass is 432 g/mol. The molecule has 3 N–H and O–H groups in total. The molecule has 3 rings (SSSR count). The second kappa shape index (κ2) is 9.95. The van der Waals surface area contributed by atoms with Crippen LogP contribution in [0.1, 0.15) is 29.5 Å². The first kappa shape index (κ1) is 22.8. The Bertz CT molecular complexity index is 1080. The molecule has 8 nitrogen and oxygen atoms in total. The van der Waals surface area contributed by atoms with E-state index < -0.39 is 23.6 Å². The highest BCUT2D eigenvalue weighted by Gasteiger charge is 2.42. The van der Waals surface area contributed by atoms with Gasteiger partial charge in [0.25, 0.3) is 0 Å². The predicted molar refractivity (Wildman–Crippen MR) is 117 cm³/mol. The fourth-order valence-corrected chi connectivity index (χ4v) is 3.75. The largest absolute Gasteiger partial charge is 0.465 e. The summed E-state index contributed by atoms with van der Waals surface area (Å²) in [5.74, 6) is -0.518. The number of carboxylic acid groups (broad SMARTS) is 1. The fourth-order valence-electron chi connectivity index (χ4n) is 3.75. The Morgan fingerprint density at radius 3 is 2.38 bits per heavy atom. The van der Waals surface area contributed by atoms with E-state index in [9.17, 15) is 20.1 Å². The van der Waals surface area contributed by atoms with Crippen LogP contribution in [0.2, 0.25) is 0 Å². The van der Waals surface area contributed by atoms with Crippen LogP contribution >= 0.6 is 0 Å². The fraction of sp³-hybridized carbons (Fsp3) is 0.333. The number of nitrogens with one attached hydrogen (secondary N) is 2. The number of ether oxygens (including phenoxy) is 1. The summed E-state index contributed by atoms with van der Waals surface area (Å²) in [5.41, 5.74) is 2.95. The molecule has 0 radical (unpaired) electrons. The van der Waals surface area contributed by atoms with E-state index in [1.807, 2.05) is 49.4 Å². The third kappa shape index (κ3) is 5.23. The van der Waals surface area contributed by atoms with E-state index in [4.69, 9.17) is 9.84 Å². The van der Waals surface area contributed by atoms with Crippen LogP contribution in [0.3, 0.4) is 0 Å². The summed E-state index contributed by atoms with van der Waals surface area (Å²) in [6.07, 6.45) is -0.598. The molecule has 2 aromatic carbocycles. The number of hydrogen-bond donors (Lipinski definition) is 3. The summed E-state index contributed by atoms with van der Waals surface area (Å²) < 4.78 is 5.26. The van der Waals surface area contributed by atoms with Gasteiger partial charge >= 0.3 is 6.09 Å². The van der Waals surface area contributed by atoms with Gasteiger partial charge in [-0.25, -0.2) is 4.79 Å². The molecule has 1 heterocycles. The standard InChI is InChI=1S/C24H24N4O4/c1-16-2-5-19(13-20(16)14-25)18-6-3-17(4-7-18)12-21(15-26)27-22(29)24(28-23(30)31)8-10-32-11-9-24/h2-7,13,21,28H,8-12H2,1H3,(H,27,29)(H,30,31). The molecule has 1 unspecified atom stereocenters. The lowest BCUT2D eigenvalue weighted by atomic mass is 9.88. The molecule has 0 aromatic heterocycles. The van der Waals surface area contributed by atoms with Crippen molar-refractivity contribution in [2.75, 3.05) is 13.2 Å². The number of nitriles is 2. The number of amides is 2. The van der Waals surface area contributed by atoms with Crippen LogP contribution in [-0.4, -0.2) is 41.9 Å². The Hall–Kier alpha value is -3.88. The zero-order chi connectivity index (χ0) is 23.1. The van der Waals surface area contributed by atoms with Gasteiger partial charge < -0.3 is 20.5 Å². The zero-order valence-corrected chi connectivity index (χ0v) is 17.7. The lowest BCUT2D eigenvalue weighted by Gasteiger charge is -2.36. The predicted octanol–water partition coefficient (Wildman–Crippen LogP) is 2.90. The molecule has 1 fully saturated rings. The molecular weight excluding hydrogens is 408 g/mol. The summed E-state index contributed by atoms with van der Waals surface area (Å²) in [6, 6.07) is 16.7. The lowest BCUT2D eigenvalue weighted by Crippen LogP contribution is -2.62. The molecule has 164 valence electrons. The quantitative estimate of drug-likeness (QED) is 0.642. The molecule has 2 aromatic rings. The van der Waals surface area contributed by atoms with Gasteiger partial charge in [0.05, 0.1) is 17.7 Å². The first-order valence-corrected chi connectivity index (χ1v) is 10.3. The van der Waals surface area contributed by atoms with E-state index in [0.29, 0.717) is 5.56 Å². The Kier molecular flexibility index (Phi) is 7.09. The van der Waals surface area contributed by atoms with Crippen molar-refractivity contribution in [2.24, 2.45) is 0 Å². The van der Waals surface area contributed by atoms with Gasteiger partial charge in [0.15, 0.2) is 0 Å². The van der Waals surface area contributed by atoms with Crippen LogP contribution in [-0.2, 0) is 16.0 Å². The highest BCUT2D eigenvalue weighted by atomic mass is 16.5. The molecule has 1 aliphatic rings. The molecule has 0 bridgehead atoms. The van der Waals surface area contributed by atoms with Crippen LogP contribution in [0.5, 0.6) is 0 Å². The first-order valence-electron chi connectivity index (χ1n) is 10.3. The molecular formula is C24H24N4O4. The second-order valence-electron chi connectivity index (χ2n) is 7.82. The normalized spacial score (nSPS) is 15.6.